The summed E-state index contributed by atoms with van der Waals surface area (Å²) in [5, 5.41) is -0.510. The first-order valence-electron chi connectivity index (χ1n) is 11.8. The van der Waals surface area contributed by atoms with Crippen LogP contribution in [0.5, 0.6) is 5.75 Å². The zero-order valence-corrected chi connectivity index (χ0v) is 20.8. The van der Waals surface area contributed by atoms with Crippen molar-refractivity contribution in [3.8, 4) is 5.75 Å². The number of ether oxygens (including phenoxy) is 1. The minimum Gasteiger partial charge on any atom is -0.493 e. The molecule has 2 aromatic carbocycles. The van der Waals surface area contributed by atoms with Crippen LogP contribution in [-0.2, 0) is 35.0 Å². The van der Waals surface area contributed by atoms with E-state index in [9.17, 15) is 13.2 Å². The Morgan fingerprint density at radius 1 is 1.14 bits per heavy atom. The topological polar surface area (TPSA) is 82.6 Å². The van der Waals surface area contributed by atoms with Crippen molar-refractivity contribution in [1.82, 2.24) is 9.55 Å². The number of imidazole rings is 1. The second-order valence-electron chi connectivity index (χ2n) is 9.09. The van der Waals surface area contributed by atoms with Crippen LogP contribution in [0.25, 0.3) is 4.85 Å². The average molecular weight is 492 g/mol. The van der Waals surface area contributed by atoms with Crippen molar-refractivity contribution in [3.05, 3.63) is 88.3 Å². The van der Waals surface area contributed by atoms with E-state index >= 15 is 0 Å². The summed E-state index contributed by atoms with van der Waals surface area (Å²) in [4.78, 5) is 20.1. The van der Waals surface area contributed by atoms with Gasteiger partial charge in [0.25, 0.3) is 0 Å². The Balaban J connectivity index is 1.51. The van der Waals surface area contributed by atoms with Gasteiger partial charge in [0.05, 0.1) is 30.5 Å². The minimum absolute atomic E-state index is 0.0642. The molecule has 35 heavy (non-hydrogen) atoms. The molecule has 0 saturated heterocycles. The van der Waals surface area contributed by atoms with Crippen molar-refractivity contribution in [3.63, 3.8) is 0 Å². The fourth-order valence-electron chi connectivity index (χ4n) is 4.28. The van der Waals surface area contributed by atoms with E-state index in [1.807, 2.05) is 16.7 Å². The van der Waals surface area contributed by atoms with E-state index in [-0.39, 0.29) is 11.5 Å². The summed E-state index contributed by atoms with van der Waals surface area (Å²) in [6.07, 6.45) is 6.05. The van der Waals surface area contributed by atoms with Crippen LogP contribution in [-0.4, -0.2) is 35.6 Å². The first-order chi connectivity index (χ1) is 16.8. The molecule has 0 N–H and O–H groups in total. The van der Waals surface area contributed by atoms with Crippen LogP contribution in [0.2, 0.25) is 0 Å². The number of hydrogen-bond acceptors (Lipinski definition) is 5. The number of sulfone groups is 1. The van der Waals surface area contributed by atoms with Gasteiger partial charge in [-0.3, -0.25) is 4.79 Å². The van der Waals surface area contributed by atoms with Crippen molar-refractivity contribution < 1.29 is 17.9 Å². The number of hydrogen-bond donors (Lipinski definition) is 0. The van der Waals surface area contributed by atoms with Crippen LogP contribution in [0.15, 0.2) is 48.9 Å². The molecule has 1 aliphatic rings. The molecular formula is C27H29N3O4S. The molecule has 1 heterocycles. The maximum atomic E-state index is 12.8. The molecule has 8 heteroatoms. The third-order valence-corrected chi connectivity index (χ3v) is 8.54. The van der Waals surface area contributed by atoms with Crippen LogP contribution < -0.4 is 4.74 Å². The van der Waals surface area contributed by atoms with Gasteiger partial charge in [-0.05, 0) is 49.9 Å². The van der Waals surface area contributed by atoms with E-state index in [1.54, 1.807) is 50.6 Å². The van der Waals surface area contributed by atoms with Gasteiger partial charge in [0.15, 0.2) is 21.3 Å². The summed E-state index contributed by atoms with van der Waals surface area (Å²) in [5.74, 6) is 0.465. The van der Waals surface area contributed by atoms with Gasteiger partial charge in [-0.1, -0.05) is 24.3 Å². The smallest absolute Gasteiger partial charge is 0.187 e. The monoisotopic (exact) mass is 491 g/mol. The second kappa shape index (κ2) is 10.4. The molecule has 0 amide bonds. The predicted octanol–water partition coefficient (Wildman–Crippen LogP) is 4.95. The molecule has 0 bridgehead atoms. The maximum absolute atomic E-state index is 12.8. The Bertz CT molecular complexity index is 1370. The fourth-order valence-corrected chi connectivity index (χ4v) is 5.33. The Kier molecular flexibility index (Phi) is 7.37. The van der Waals surface area contributed by atoms with E-state index < -0.39 is 15.1 Å². The summed E-state index contributed by atoms with van der Waals surface area (Å²) in [6, 6.07) is 11.0. The zero-order valence-electron chi connectivity index (χ0n) is 20.0. The fraction of sp³-hybridized carbons (Fsp3) is 0.370. The van der Waals surface area contributed by atoms with Gasteiger partial charge in [0, 0.05) is 42.4 Å². The maximum Gasteiger partial charge on any atom is 0.187 e. The molecule has 0 saturated carbocycles. The van der Waals surface area contributed by atoms with Crippen molar-refractivity contribution in [2.75, 3.05) is 6.61 Å². The quantitative estimate of drug-likeness (QED) is 0.396. The summed E-state index contributed by atoms with van der Waals surface area (Å²) in [7, 11) is -3.36. The van der Waals surface area contributed by atoms with Crippen LogP contribution in [0.4, 0.5) is 5.69 Å². The first kappa shape index (κ1) is 24.7. The standard InChI is InChI=1S/C27H29N3O4S/c1-19(2)35(32,33)17-25-23-5-4-6-26(31)24(23)11-12-27(25)34-14-13-22-15-29-18-30(22)16-20-7-9-21(28-3)10-8-20/h7-12,15,18-19H,4-6,13-14,16-17H2,1-2H3. The van der Waals surface area contributed by atoms with E-state index in [1.165, 1.54) is 0 Å². The molecule has 1 aromatic heterocycles. The highest BCUT2D eigenvalue weighted by Crippen LogP contribution is 2.33. The van der Waals surface area contributed by atoms with Crippen LogP contribution >= 0.6 is 0 Å². The molecule has 3 aromatic rings. The molecule has 0 aliphatic heterocycles. The molecule has 0 radical (unpaired) electrons. The zero-order chi connectivity index (χ0) is 25.0. The number of Topliss-reactive ketones (excluding diaryl/α,β-unsaturated/α-hetero) is 1. The van der Waals surface area contributed by atoms with Gasteiger partial charge < -0.3 is 9.30 Å². The normalized spacial score (nSPS) is 13.5. The van der Waals surface area contributed by atoms with Crippen molar-refractivity contribution in [1.29, 1.82) is 0 Å². The molecule has 4 rings (SSSR count). The average Bonchev–Trinajstić information content (AvgIpc) is 3.27. The van der Waals surface area contributed by atoms with Crippen LogP contribution in [0, 0.1) is 6.57 Å². The van der Waals surface area contributed by atoms with E-state index in [0.29, 0.717) is 55.0 Å². The largest absolute Gasteiger partial charge is 0.493 e. The Morgan fingerprint density at radius 2 is 1.91 bits per heavy atom. The molecule has 0 atom stereocenters. The number of carbonyl (C=O) groups excluding carboxylic acids is 1. The minimum atomic E-state index is -3.36. The lowest BCUT2D eigenvalue weighted by molar-refractivity contribution is 0.0972. The molecule has 1 aliphatic carbocycles. The lowest BCUT2D eigenvalue weighted by atomic mass is 9.87. The highest BCUT2D eigenvalue weighted by atomic mass is 32.2. The molecule has 182 valence electrons. The number of fused-ring (bicyclic) bond motifs is 1. The van der Waals surface area contributed by atoms with Gasteiger partial charge in [0.1, 0.15) is 5.75 Å². The van der Waals surface area contributed by atoms with E-state index in [2.05, 4.69) is 9.83 Å². The van der Waals surface area contributed by atoms with Gasteiger partial charge in [-0.2, -0.15) is 0 Å². The number of rotatable bonds is 9. The van der Waals surface area contributed by atoms with Crippen molar-refractivity contribution in [2.45, 2.75) is 57.1 Å². The predicted molar refractivity (Wildman–Crippen MR) is 135 cm³/mol. The van der Waals surface area contributed by atoms with Gasteiger partial charge in [-0.25, -0.2) is 18.2 Å². The third-order valence-electron chi connectivity index (χ3n) is 6.42. The highest BCUT2D eigenvalue weighted by molar-refractivity contribution is 7.91. The highest BCUT2D eigenvalue weighted by Gasteiger charge is 2.27. The van der Waals surface area contributed by atoms with Crippen LogP contribution in [0.1, 0.15) is 59.4 Å². The Morgan fingerprint density at radius 3 is 2.63 bits per heavy atom. The van der Waals surface area contributed by atoms with E-state index in [0.717, 1.165) is 23.2 Å². The first-order valence-corrected chi connectivity index (χ1v) is 13.5. The van der Waals surface area contributed by atoms with Crippen LogP contribution in [0.3, 0.4) is 0 Å². The molecule has 7 nitrogen and oxygen atoms in total. The molecular weight excluding hydrogens is 462 g/mol. The summed E-state index contributed by atoms with van der Waals surface area (Å²) in [5.41, 5.74) is 4.73. The molecule has 0 fully saturated rings. The summed E-state index contributed by atoms with van der Waals surface area (Å²) in [6.45, 7) is 11.4. The number of nitrogens with zero attached hydrogens (tertiary/aromatic N) is 3. The summed E-state index contributed by atoms with van der Waals surface area (Å²) < 4.78 is 33.7. The van der Waals surface area contributed by atoms with Crippen molar-refractivity contribution in [2.24, 2.45) is 0 Å². The molecule has 0 unspecified atom stereocenters. The second-order valence-corrected chi connectivity index (χ2v) is 11.6. The molecule has 0 spiro atoms. The SMILES string of the molecule is [C-]#[N+]c1ccc(Cn2cncc2CCOc2ccc3c(c2CS(=O)(=O)C(C)C)CCCC3=O)cc1. The summed E-state index contributed by atoms with van der Waals surface area (Å²) >= 11 is 0. The van der Waals surface area contributed by atoms with Crippen molar-refractivity contribution >= 4 is 21.3 Å². The van der Waals surface area contributed by atoms with Gasteiger partial charge >= 0.3 is 0 Å². The number of ketones is 1. The number of carbonyl (C=O) groups is 1. The van der Waals surface area contributed by atoms with E-state index in [4.69, 9.17) is 11.3 Å². The Hall–Kier alpha value is -3.44. The Labute approximate surface area is 206 Å². The lowest BCUT2D eigenvalue weighted by Gasteiger charge is -2.22. The lowest BCUT2D eigenvalue weighted by Crippen LogP contribution is -2.21. The van der Waals surface area contributed by atoms with Gasteiger partial charge in [-0.15, -0.1) is 0 Å². The number of aromatic nitrogens is 2. The number of benzene rings is 2. The van der Waals surface area contributed by atoms with Gasteiger partial charge in [0.2, 0.25) is 0 Å². The third kappa shape index (κ3) is 5.63.